The normalized spacial score (nSPS) is 23.8. The van der Waals surface area contributed by atoms with Crippen LogP contribution in [0.4, 0.5) is 10.6 Å². The van der Waals surface area contributed by atoms with Gasteiger partial charge in [0.2, 0.25) is 5.91 Å². The monoisotopic (exact) mass is 454 g/mol. The Labute approximate surface area is 197 Å². The van der Waals surface area contributed by atoms with Gasteiger partial charge in [0.25, 0.3) is 0 Å². The van der Waals surface area contributed by atoms with Crippen molar-refractivity contribution in [2.45, 2.75) is 63.7 Å². The zero-order valence-electron chi connectivity index (χ0n) is 20.0. The largest absolute Gasteiger partial charge is 0.450 e. The Bertz CT molecular complexity index is 853. The fourth-order valence-electron chi connectivity index (χ4n) is 6.53. The smallest absolute Gasteiger partial charge is 0.409 e. The van der Waals surface area contributed by atoms with Crippen LogP contribution >= 0.6 is 0 Å². The number of hydrogen-bond acceptors (Lipinski definition) is 5. The highest BCUT2D eigenvalue weighted by Crippen LogP contribution is 2.47. The van der Waals surface area contributed by atoms with E-state index in [-0.39, 0.29) is 17.4 Å². The van der Waals surface area contributed by atoms with E-state index in [9.17, 15) is 9.59 Å². The molecule has 180 valence electrons. The number of anilines is 1. The van der Waals surface area contributed by atoms with Crippen LogP contribution < -0.4 is 4.90 Å². The standard InChI is InChI=1S/C26H38N4O3/c1-2-33-25(32)29-14-9-20(10-15-29)18-28-16-11-26(12-17-28)19-30(23-22(26)8-5-13-27-23)24(31)21-6-3-4-7-21/h5,8,13,20-21H,2-4,6-7,9-12,14-19H2,1H3. The van der Waals surface area contributed by atoms with Gasteiger partial charge in [0.05, 0.1) is 6.61 Å². The average Bonchev–Trinajstić information content (AvgIpc) is 3.49. The van der Waals surface area contributed by atoms with Crippen LogP contribution in [0.25, 0.3) is 0 Å². The number of fused-ring (bicyclic) bond motifs is 2. The van der Waals surface area contributed by atoms with Crippen LogP contribution in [-0.4, -0.2) is 72.7 Å². The second-order valence-electron chi connectivity index (χ2n) is 10.5. The molecular weight excluding hydrogens is 416 g/mol. The lowest BCUT2D eigenvalue weighted by Gasteiger charge is -2.42. The molecule has 1 aromatic heterocycles. The molecular formula is C26H38N4O3. The SMILES string of the molecule is CCOC(=O)N1CCC(CN2CCC3(CC2)CN(C(=O)C2CCCC2)c2ncccc23)CC1. The molecule has 2 amide bonds. The number of carbonyl (C=O) groups is 2. The molecule has 0 N–H and O–H groups in total. The Morgan fingerprint density at radius 1 is 1.09 bits per heavy atom. The van der Waals surface area contributed by atoms with Crippen molar-refractivity contribution in [2.24, 2.45) is 11.8 Å². The van der Waals surface area contributed by atoms with Crippen LogP contribution in [0.1, 0.15) is 63.9 Å². The Balaban J connectivity index is 1.18. The van der Waals surface area contributed by atoms with Crippen LogP contribution in [0.5, 0.6) is 0 Å². The summed E-state index contributed by atoms with van der Waals surface area (Å²) in [5.74, 6) is 2.06. The molecule has 3 aliphatic heterocycles. The van der Waals surface area contributed by atoms with Crippen molar-refractivity contribution in [1.29, 1.82) is 0 Å². The van der Waals surface area contributed by atoms with E-state index < -0.39 is 0 Å². The molecule has 7 nitrogen and oxygen atoms in total. The molecule has 3 fully saturated rings. The van der Waals surface area contributed by atoms with Gasteiger partial charge in [0.1, 0.15) is 5.82 Å². The van der Waals surface area contributed by atoms with E-state index in [1.165, 1.54) is 18.4 Å². The van der Waals surface area contributed by atoms with E-state index in [0.717, 1.165) is 83.6 Å². The van der Waals surface area contributed by atoms with Gasteiger partial charge >= 0.3 is 6.09 Å². The number of amides is 2. The summed E-state index contributed by atoms with van der Waals surface area (Å²) >= 11 is 0. The Kier molecular flexibility index (Phi) is 6.59. The van der Waals surface area contributed by atoms with Crippen molar-refractivity contribution in [1.82, 2.24) is 14.8 Å². The highest BCUT2D eigenvalue weighted by molar-refractivity contribution is 5.96. The minimum absolute atomic E-state index is 0.0572. The van der Waals surface area contributed by atoms with Crippen molar-refractivity contribution in [3.8, 4) is 0 Å². The van der Waals surface area contributed by atoms with Crippen LogP contribution in [-0.2, 0) is 14.9 Å². The molecule has 2 saturated heterocycles. The zero-order chi connectivity index (χ0) is 22.8. The third kappa shape index (κ3) is 4.48. The summed E-state index contributed by atoms with van der Waals surface area (Å²) in [4.78, 5) is 36.4. The highest BCUT2D eigenvalue weighted by Gasteiger charge is 2.48. The lowest BCUT2D eigenvalue weighted by Crippen LogP contribution is -2.48. The van der Waals surface area contributed by atoms with Gasteiger partial charge in [-0.2, -0.15) is 0 Å². The Hall–Kier alpha value is -2.15. The minimum atomic E-state index is -0.166. The van der Waals surface area contributed by atoms with Crippen LogP contribution in [0, 0.1) is 11.8 Å². The molecule has 1 aliphatic carbocycles. The topological polar surface area (TPSA) is 66.0 Å². The molecule has 4 aliphatic rings. The molecule has 0 unspecified atom stereocenters. The first-order valence-electron chi connectivity index (χ1n) is 13.0. The average molecular weight is 455 g/mol. The molecule has 0 aromatic carbocycles. The van der Waals surface area contributed by atoms with E-state index in [4.69, 9.17) is 4.74 Å². The van der Waals surface area contributed by atoms with Crippen molar-refractivity contribution in [2.75, 3.05) is 50.8 Å². The Morgan fingerprint density at radius 2 is 1.82 bits per heavy atom. The molecule has 5 rings (SSSR count). The van der Waals surface area contributed by atoms with E-state index in [0.29, 0.717) is 18.4 Å². The van der Waals surface area contributed by atoms with E-state index in [1.54, 1.807) is 0 Å². The van der Waals surface area contributed by atoms with Gasteiger partial charge in [-0.1, -0.05) is 18.9 Å². The quantitative estimate of drug-likeness (QED) is 0.692. The minimum Gasteiger partial charge on any atom is -0.450 e. The maximum absolute atomic E-state index is 13.3. The van der Waals surface area contributed by atoms with Crippen molar-refractivity contribution < 1.29 is 14.3 Å². The first-order valence-corrected chi connectivity index (χ1v) is 13.0. The summed E-state index contributed by atoms with van der Waals surface area (Å²) in [7, 11) is 0. The van der Waals surface area contributed by atoms with Crippen LogP contribution in [0.15, 0.2) is 18.3 Å². The summed E-state index contributed by atoms with van der Waals surface area (Å²) in [6.45, 7) is 7.96. The van der Waals surface area contributed by atoms with Gasteiger partial charge in [0, 0.05) is 49.3 Å². The van der Waals surface area contributed by atoms with Gasteiger partial charge in [-0.25, -0.2) is 9.78 Å². The Morgan fingerprint density at radius 3 is 2.52 bits per heavy atom. The molecule has 7 heteroatoms. The summed E-state index contributed by atoms with van der Waals surface area (Å²) in [5.41, 5.74) is 1.35. The molecule has 1 saturated carbocycles. The number of carbonyl (C=O) groups excluding carboxylic acids is 2. The molecule has 33 heavy (non-hydrogen) atoms. The van der Waals surface area contributed by atoms with Crippen molar-refractivity contribution >= 4 is 17.8 Å². The third-order valence-electron chi connectivity index (χ3n) is 8.52. The lowest BCUT2D eigenvalue weighted by atomic mass is 9.74. The summed E-state index contributed by atoms with van der Waals surface area (Å²) in [5, 5.41) is 0. The molecule has 0 bridgehead atoms. The fraction of sp³-hybridized carbons (Fsp3) is 0.731. The second kappa shape index (κ2) is 9.61. The summed E-state index contributed by atoms with van der Waals surface area (Å²) in [6, 6.07) is 4.25. The van der Waals surface area contributed by atoms with E-state index in [1.807, 2.05) is 29.0 Å². The van der Waals surface area contributed by atoms with E-state index in [2.05, 4.69) is 16.0 Å². The molecule has 1 spiro atoms. The lowest BCUT2D eigenvalue weighted by molar-refractivity contribution is -0.122. The maximum Gasteiger partial charge on any atom is 0.409 e. The number of pyridine rings is 1. The van der Waals surface area contributed by atoms with Crippen molar-refractivity contribution in [3.05, 3.63) is 23.9 Å². The second-order valence-corrected chi connectivity index (χ2v) is 10.5. The first kappa shape index (κ1) is 22.6. The zero-order valence-corrected chi connectivity index (χ0v) is 20.0. The predicted molar refractivity (Wildman–Crippen MR) is 127 cm³/mol. The van der Waals surface area contributed by atoms with Crippen molar-refractivity contribution in [3.63, 3.8) is 0 Å². The maximum atomic E-state index is 13.3. The van der Waals surface area contributed by atoms with Gasteiger partial charge in [-0.3, -0.25) is 9.69 Å². The number of likely N-dealkylation sites (tertiary alicyclic amines) is 2. The number of ether oxygens (including phenoxy) is 1. The molecule has 0 radical (unpaired) electrons. The number of hydrogen-bond donors (Lipinski definition) is 0. The van der Waals surface area contributed by atoms with Crippen LogP contribution in [0.2, 0.25) is 0 Å². The molecule has 4 heterocycles. The summed E-state index contributed by atoms with van der Waals surface area (Å²) in [6.07, 6.45) is 10.4. The number of nitrogens with zero attached hydrogens (tertiary/aromatic N) is 4. The third-order valence-corrected chi connectivity index (χ3v) is 8.52. The van der Waals surface area contributed by atoms with E-state index >= 15 is 0 Å². The van der Waals surface area contributed by atoms with Gasteiger partial charge in [0.15, 0.2) is 0 Å². The molecule has 0 atom stereocenters. The first-order chi connectivity index (χ1) is 16.1. The summed E-state index contributed by atoms with van der Waals surface area (Å²) < 4.78 is 5.15. The van der Waals surface area contributed by atoms with Gasteiger partial charge in [-0.15, -0.1) is 0 Å². The van der Waals surface area contributed by atoms with Crippen LogP contribution in [0.3, 0.4) is 0 Å². The van der Waals surface area contributed by atoms with Gasteiger partial charge < -0.3 is 14.5 Å². The van der Waals surface area contributed by atoms with Gasteiger partial charge in [-0.05, 0) is 70.5 Å². The number of rotatable bonds is 4. The fourth-order valence-corrected chi connectivity index (χ4v) is 6.53. The number of piperidine rings is 2. The predicted octanol–water partition coefficient (Wildman–Crippen LogP) is 3.82. The highest BCUT2D eigenvalue weighted by atomic mass is 16.6. The molecule has 1 aromatic rings. The number of aromatic nitrogens is 1.